The summed E-state index contributed by atoms with van der Waals surface area (Å²) in [6, 6.07) is 0. The molecule has 0 aromatic rings. The molecule has 234 valence electrons. The van der Waals surface area contributed by atoms with Crippen LogP contribution in [0.3, 0.4) is 0 Å². The molecule has 7 heteroatoms. The van der Waals surface area contributed by atoms with Crippen molar-refractivity contribution >= 4 is 5.97 Å². The summed E-state index contributed by atoms with van der Waals surface area (Å²) in [6.45, 7) is 17.5. The van der Waals surface area contributed by atoms with Gasteiger partial charge in [0, 0.05) is 23.7 Å². The van der Waals surface area contributed by atoms with Gasteiger partial charge in [0.15, 0.2) is 0 Å². The number of rotatable bonds is 17. The summed E-state index contributed by atoms with van der Waals surface area (Å²) in [7, 11) is 0. The van der Waals surface area contributed by atoms with Crippen molar-refractivity contribution in [1.82, 2.24) is 0 Å². The number of carboxylic acid groups (broad SMARTS) is 1. The number of hydrogen-bond acceptors (Lipinski definition) is 6. The zero-order chi connectivity index (χ0) is 30.7. The second kappa shape index (κ2) is 17.6. The maximum absolute atomic E-state index is 11.5. The second-order valence-electron chi connectivity index (χ2n) is 12.9. The molecule has 1 fully saturated rings. The highest BCUT2D eigenvalue weighted by atomic mass is 16.5. The van der Waals surface area contributed by atoms with E-state index in [4.69, 9.17) is 4.74 Å². The fourth-order valence-electron chi connectivity index (χ4n) is 6.19. The maximum atomic E-state index is 11.5. The molecule has 1 aliphatic heterocycles. The average molecular weight is 569 g/mol. The summed E-state index contributed by atoms with van der Waals surface area (Å²) in [5.74, 6) is -2.17. The summed E-state index contributed by atoms with van der Waals surface area (Å²) < 4.78 is 6.19. The Morgan fingerprint density at radius 2 is 1.57 bits per heavy atom. The zero-order valence-corrected chi connectivity index (χ0v) is 26.5. The van der Waals surface area contributed by atoms with Crippen LogP contribution in [0.1, 0.15) is 101 Å². The predicted octanol–water partition coefficient (Wildman–Crippen LogP) is 5.60. The van der Waals surface area contributed by atoms with Crippen LogP contribution in [-0.4, -0.2) is 68.1 Å². The molecule has 40 heavy (non-hydrogen) atoms. The van der Waals surface area contributed by atoms with Gasteiger partial charge in [0.05, 0.1) is 42.5 Å². The number of hydrogen-bond donors (Lipinski definition) is 5. The van der Waals surface area contributed by atoms with E-state index in [1.165, 1.54) is 0 Å². The summed E-state index contributed by atoms with van der Waals surface area (Å²) in [5.41, 5.74) is 0.983. The van der Waals surface area contributed by atoms with Gasteiger partial charge in [-0.15, -0.1) is 0 Å². The summed E-state index contributed by atoms with van der Waals surface area (Å²) in [6.07, 6.45) is 7.17. The van der Waals surface area contributed by atoms with Crippen molar-refractivity contribution in [3.8, 4) is 0 Å². The Hall–Kier alpha value is -1.25. The molecular weight excluding hydrogens is 508 g/mol. The molecule has 1 saturated heterocycles. The van der Waals surface area contributed by atoms with Crippen LogP contribution in [0.5, 0.6) is 0 Å². The highest BCUT2D eigenvalue weighted by Gasteiger charge is 2.41. The van der Waals surface area contributed by atoms with Crippen LogP contribution in [-0.2, 0) is 9.53 Å². The Balaban J connectivity index is 2.66. The van der Waals surface area contributed by atoms with E-state index in [-0.39, 0.29) is 23.9 Å². The van der Waals surface area contributed by atoms with Gasteiger partial charge in [0.1, 0.15) is 0 Å². The highest BCUT2D eigenvalue weighted by molar-refractivity contribution is 5.70. The van der Waals surface area contributed by atoms with Crippen LogP contribution in [0.4, 0.5) is 0 Å². The lowest BCUT2D eigenvalue weighted by atomic mass is 9.76. The van der Waals surface area contributed by atoms with Crippen LogP contribution in [0.25, 0.3) is 0 Å². The van der Waals surface area contributed by atoms with Gasteiger partial charge in [-0.2, -0.15) is 0 Å². The van der Waals surface area contributed by atoms with Gasteiger partial charge in [-0.25, -0.2) is 0 Å². The summed E-state index contributed by atoms with van der Waals surface area (Å²) >= 11 is 0. The lowest BCUT2D eigenvalue weighted by molar-refractivity contribution is -0.169. The lowest BCUT2D eigenvalue weighted by Crippen LogP contribution is -2.49. The van der Waals surface area contributed by atoms with Crippen molar-refractivity contribution in [2.24, 2.45) is 41.4 Å². The number of ether oxygens (including phenoxy) is 1. The van der Waals surface area contributed by atoms with Crippen molar-refractivity contribution < 1.29 is 35.1 Å². The molecule has 1 heterocycles. The molecule has 1 rings (SSSR count). The van der Waals surface area contributed by atoms with E-state index in [1.807, 2.05) is 32.9 Å². The fraction of sp³-hybridized carbons (Fsp3) is 0.848. The van der Waals surface area contributed by atoms with Gasteiger partial charge < -0.3 is 30.3 Å². The lowest BCUT2D eigenvalue weighted by Gasteiger charge is -2.43. The first-order chi connectivity index (χ1) is 18.6. The molecule has 0 saturated carbocycles. The van der Waals surface area contributed by atoms with Crippen molar-refractivity contribution in [2.45, 2.75) is 137 Å². The minimum Gasteiger partial charge on any atom is -0.481 e. The summed E-state index contributed by atoms with van der Waals surface area (Å²) in [5, 5.41) is 53.1. The van der Waals surface area contributed by atoms with Crippen LogP contribution in [0.2, 0.25) is 0 Å². The molecule has 0 spiro atoms. The Morgan fingerprint density at radius 3 is 2.15 bits per heavy atom. The van der Waals surface area contributed by atoms with Crippen LogP contribution in [0.15, 0.2) is 23.8 Å². The highest BCUT2D eigenvalue weighted by Crippen LogP contribution is 2.36. The van der Waals surface area contributed by atoms with Crippen molar-refractivity contribution in [1.29, 1.82) is 0 Å². The average Bonchev–Trinajstić information content (AvgIpc) is 2.92. The Kier molecular flexibility index (Phi) is 16.2. The summed E-state index contributed by atoms with van der Waals surface area (Å²) in [4.78, 5) is 11.5. The van der Waals surface area contributed by atoms with E-state index in [1.54, 1.807) is 20.8 Å². The first-order valence-corrected chi connectivity index (χ1v) is 15.6. The minimum absolute atomic E-state index is 0.0376. The van der Waals surface area contributed by atoms with E-state index in [0.29, 0.717) is 25.2 Å². The monoisotopic (exact) mass is 568 g/mol. The smallest absolute Gasteiger partial charge is 0.308 e. The normalized spacial score (nSPS) is 28.2. The van der Waals surface area contributed by atoms with E-state index >= 15 is 0 Å². The number of aliphatic hydroxyl groups is 4. The first kappa shape index (κ1) is 36.8. The Labute approximate surface area is 243 Å². The third kappa shape index (κ3) is 10.9. The van der Waals surface area contributed by atoms with Gasteiger partial charge >= 0.3 is 5.97 Å². The molecule has 0 aromatic heterocycles. The fourth-order valence-corrected chi connectivity index (χ4v) is 6.19. The van der Waals surface area contributed by atoms with Crippen molar-refractivity contribution in [3.63, 3.8) is 0 Å². The van der Waals surface area contributed by atoms with Gasteiger partial charge in [-0.3, -0.25) is 4.79 Å². The van der Waals surface area contributed by atoms with Crippen LogP contribution >= 0.6 is 0 Å². The van der Waals surface area contributed by atoms with Gasteiger partial charge in [-0.1, -0.05) is 73.1 Å². The van der Waals surface area contributed by atoms with Crippen molar-refractivity contribution in [3.05, 3.63) is 23.8 Å². The molecule has 0 aromatic carbocycles. The molecule has 0 bridgehead atoms. The Bertz CT molecular complexity index is 796. The zero-order valence-electron chi connectivity index (χ0n) is 26.5. The van der Waals surface area contributed by atoms with Crippen LogP contribution in [0, 0.1) is 41.4 Å². The molecule has 5 N–H and O–H groups in total. The second-order valence-corrected chi connectivity index (χ2v) is 12.9. The molecule has 0 radical (unpaired) electrons. The molecule has 0 aliphatic carbocycles. The number of allylic oxidation sites excluding steroid dienone is 2. The topological polar surface area (TPSA) is 127 Å². The maximum Gasteiger partial charge on any atom is 0.308 e. The largest absolute Gasteiger partial charge is 0.481 e. The number of aliphatic carboxylic acids is 1. The quantitative estimate of drug-likeness (QED) is 0.145. The van der Waals surface area contributed by atoms with E-state index in [9.17, 15) is 30.3 Å². The van der Waals surface area contributed by atoms with E-state index in [0.717, 1.165) is 24.8 Å². The molecule has 0 amide bonds. The number of carbonyl (C=O) groups is 1. The Morgan fingerprint density at radius 1 is 0.950 bits per heavy atom. The van der Waals surface area contributed by atoms with Crippen LogP contribution < -0.4 is 0 Å². The molecule has 7 nitrogen and oxygen atoms in total. The van der Waals surface area contributed by atoms with Gasteiger partial charge in [0.2, 0.25) is 0 Å². The SMILES string of the molecule is CCC[C@@H](C)/C=C(\C)[C@@H](O)[C@@H](C)/C=C/CC[C@@H](O)[C@H](C)[C@@H](O)[C@@H](C)[C@@H](O)[C@@H](C)[C@@H]1O[C@@H]([C@H](C)C(=O)O)CC[C@H]1C. The molecule has 0 unspecified atom stereocenters. The number of aliphatic hydroxyl groups excluding tert-OH is 4. The first-order valence-electron chi connectivity index (χ1n) is 15.6. The van der Waals surface area contributed by atoms with Crippen molar-refractivity contribution in [2.75, 3.05) is 0 Å². The minimum atomic E-state index is -0.914. The van der Waals surface area contributed by atoms with Gasteiger partial charge in [-0.05, 0) is 63.4 Å². The third-order valence-electron chi connectivity index (χ3n) is 9.35. The van der Waals surface area contributed by atoms with E-state index in [2.05, 4.69) is 26.8 Å². The predicted molar refractivity (Wildman–Crippen MR) is 161 cm³/mol. The molecular formula is C33H60O7. The van der Waals surface area contributed by atoms with E-state index < -0.39 is 54.2 Å². The molecule has 1 aliphatic rings. The third-order valence-corrected chi connectivity index (χ3v) is 9.35. The van der Waals surface area contributed by atoms with Gasteiger partial charge in [0.25, 0.3) is 0 Å². The number of carboxylic acids is 1. The molecule has 13 atom stereocenters. The standard InChI is InChI=1S/C33H60O7/c1-10-13-19(2)18-22(5)29(35)20(3)14-11-12-15-27(34)23(6)30(36)25(8)31(37)26(9)32-21(4)16-17-28(40-32)24(7)33(38)39/h11,14,18-21,23-32,34-37H,10,12-13,15-17H2,1-9H3,(H,38,39)/b14-11+,22-18+/t19-,20+,21-,23+,24+,25-,26-,27-,28-,29+,30-,31-,32-/m1/s1.